The minimum Gasteiger partial charge on any atom is -0.466 e. The van der Waals surface area contributed by atoms with Gasteiger partial charge in [-0.2, -0.15) is 5.10 Å². The standard InChI is InChI=1S/C13H13N3O2/c1-9-6-12(10(2)18-9)13(17)16-15-8-11-4-3-5-14-7-11/h3-8H,1-2H3,(H,16,17). The number of hydrogen-bond donors (Lipinski definition) is 1. The molecule has 0 saturated carbocycles. The maximum Gasteiger partial charge on any atom is 0.274 e. The van der Waals surface area contributed by atoms with E-state index in [0.717, 1.165) is 5.56 Å². The van der Waals surface area contributed by atoms with Crippen LogP contribution in [-0.2, 0) is 0 Å². The van der Waals surface area contributed by atoms with Gasteiger partial charge in [-0.1, -0.05) is 6.07 Å². The summed E-state index contributed by atoms with van der Waals surface area (Å²) in [6.07, 6.45) is 4.86. The highest BCUT2D eigenvalue weighted by molar-refractivity contribution is 5.95. The van der Waals surface area contributed by atoms with Gasteiger partial charge < -0.3 is 4.42 Å². The van der Waals surface area contributed by atoms with E-state index in [9.17, 15) is 4.79 Å². The summed E-state index contributed by atoms with van der Waals surface area (Å²) in [5.74, 6) is 1.000. The summed E-state index contributed by atoms with van der Waals surface area (Å²) in [5.41, 5.74) is 3.76. The highest BCUT2D eigenvalue weighted by Gasteiger charge is 2.12. The molecular weight excluding hydrogens is 230 g/mol. The van der Waals surface area contributed by atoms with E-state index in [1.807, 2.05) is 6.07 Å². The van der Waals surface area contributed by atoms with Crippen LogP contribution in [0.25, 0.3) is 0 Å². The molecular formula is C13H13N3O2. The van der Waals surface area contributed by atoms with E-state index >= 15 is 0 Å². The van der Waals surface area contributed by atoms with Gasteiger partial charge in [0.1, 0.15) is 11.5 Å². The van der Waals surface area contributed by atoms with E-state index in [4.69, 9.17) is 4.42 Å². The number of amides is 1. The third kappa shape index (κ3) is 2.82. The Morgan fingerprint density at radius 2 is 2.33 bits per heavy atom. The van der Waals surface area contributed by atoms with Crippen LogP contribution in [0, 0.1) is 13.8 Å². The number of hydrogen-bond acceptors (Lipinski definition) is 4. The van der Waals surface area contributed by atoms with Crippen LogP contribution in [0.1, 0.15) is 27.4 Å². The molecule has 0 aliphatic carbocycles. The minimum absolute atomic E-state index is 0.288. The molecule has 0 aromatic carbocycles. The van der Waals surface area contributed by atoms with Crippen molar-refractivity contribution >= 4 is 12.1 Å². The molecule has 0 aliphatic rings. The van der Waals surface area contributed by atoms with Crippen molar-refractivity contribution in [2.45, 2.75) is 13.8 Å². The van der Waals surface area contributed by atoms with Crippen LogP contribution in [0.5, 0.6) is 0 Å². The Kier molecular flexibility index (Phi) is 3.52. The number of rotatable bonds is 3. The van der Waals surface area contributed by atoms with Crippen molar-refractivity contribution < 1.29 is 9.21 Å². The van der Waals surface area contributed by atoms with Crippen molar-refractivity contribution in [1.82, 2.24) is 10.4 Å². The Hall–Kier alpha value is -2.43. The molecule has 0 aliphatic heterocycles. The quantitative estimate of drug-likeness (QED) is 0.662. The number of aromatic nitrogens is 1. The zero-order valence-electron chi connectivity index (χ0n) is 10.2. The lowest BCUT2D eigenvalue weighted by atomic mass is 10.2. The number of nitrogens with one attached hydrogen (secondary N) is 1. The largest absolute Gasteiger partial charge is 0.466 e. The van der Waals surface area contributed by atoms with Gasteiger partial charge >= 0.3 is 0 Å². The molecule has 2 rings (SSSR count). The molecule has 0 unspecified atom stereocenters. The molecule has 92 valence electrons. The van der Waals surface area contributed by atoms with E-state index in [1.54, 1.807) is 38.4 Å². The zero-order chi connectivity index (χ0) is 13.0. The molecule has 0 saturated heterocycles. The second-order valence-electron chi connectivity index (χ2n) is 3.81. The molecule has 0 atom stereocenters. The fourth-order valence-electron chi connectivity index (χ4n) is 1.53. The maximum absolute atomic E-state index is 11.8. The Balaban J connectivity index is 2.01. The highest BCUT2D eigenvalue weighted by atomic mass is 16.3. The van der Waals surface area contributed by atoms with Crippen molar-refractivity contribution in [3.8, 4) is 0 Å². The summed E-state index contributed by atoms with van der Waals surface area (Å²) in [6.45, 7) is 3.54. The van der Waals surface area contributed by atoms with Gasteiger partial charge in [-0.25, -0.2) is 5.43 Å². The van der Waals surface area contributed by atoms with Crippen molar-refractivity contribution in [1.29, 1.82) is 0 Å². The predicted octanol–water partition coefficient (Wildman–Crippen LogP) is 2.06. The first-order valence-electron chi connectivity index (χ1n) is 5.47. The lowest BCUT2D eigenvalue weighted by Gasteiger charge is -1.96. The van der Waals surface area contributed by atoms with Crippen LogP contribution in [0.3, 0.4) is 0 Å². The van der Waals surface area contributed by atoms with Gasteiger partial charge in [-0.3, -0.25) is 9.78 Å². The maximum atomic E-state index is 11.8. The van der Waals surface area contributed by atoms with Gasteiger partial charge in [0.15, 0.2) is 0 Å². The average Bonchev–Trinajstić information content (AvgIpc) is 2.70. The van der Waals surface area contributed by atoms with E-state index in [2.05, 4.69) is 15.5 Å². The van der Waals surface area contributed by atoms with E-state index in [0.29, 0.717) is 17.1 Å². The van der Waals surface area contributed by atoms with Crippen LogP contribution < -0.4 is 5.43 Å². The van der Waals surface area contributed by atoms with Gasteiger partial charge in [0.2, 0.25) is 0 Å². The van der Waals surface area contributed by atoms with E-state index < -0.39 is 0 Å². The molecule has 0 radical (unpaired) electrons. The fraction of sp³-hybridized carbons (Fsp3) is 0.154. The average molecular weight is 243 g/mol. The molecule has 2 heterocycles. The van der Waals surface area contributed by atoms with Crippen LogP contribution in [0.2, 0.25) is 0 Å². The molecule has 2 aromatic rings. The molecule has 5 heteroatoms. The van der Waals surface area contributed by atoms with Crippen LogP contribution in [0.15, 0.2) is 40.1 Å². The summed E-state index contributed by atoms with van der Waals surface area (Å²) in [6, 6.07) is 5.33. The summed E-state index contributed by atoms with van der Waals surface area (Å²) in [4.78, 5) is 15.7. The number of nitrogens with zero attached hydrogens (tertiary/aromatic N) is 2. The summed E-state index contributed by atoms with van der Waals surface area (Å²) in [5, 5.41) is 3.86. The van der Waals surface area contributed by atoms with Crippen molar-refractivity contribution in [3.05, 3.63) is 53.2 Å². The van der Waals surface area contributed by atoms with Crippen LogP contribution >= 0.6 is 0 Å². The Bertz CT molecular complexity index is 573. The molecule has 1 N–H and O–H groups in total. The second-order valence-corrected chi connectivity index (χ2v) is 3.81. The fourth-order valence-corrected chi connectivity index (χ4v) is 1.53. The van der Waals surface area contributed by atoms with Crippen molar-refractivity contribution in [3.63, 3.8) is 0 Å². The first-order valence-corrected chi connectivity index (χ1v) is 5.47. The number of carbonyl (C=O) groups excluding carboxylic acids is 1. The zero-order valence-corrected chi connectivity index (χ0v) is 10.2. The van der Waals surface area contributed by atoms with Crippen LogP contribution in [0.4, 0.5) is 0 Å². The Labute approximate surface area is 105 Å². The predicted molar refractivity (Wildman–Crippen MR) is 67.5 cm³/mol. The third-order valence-corrected chi connectivity index (χ3v) is 2.35. The van der Waals surface area contributed by atoms with E-state index in [-0.39, 0.29) is 5.91 Å². The molecule has 18 heavy (non-hydrogen) atoms. The number of furan rings is 1. The summed E-state index contributed by atoms with van der Waals surface area (Å²) < 4.78 is 5.28. The van der Waals surface area contributed by atoms with Crippen molar-refractivity contribution in [2.24, 2.45) is 5.10 Å². The highest BCUT2D eigenvalue weighted by Crippen LogP contribution is 2.13. The molecule has 1 amide bonds. The molecule has 0 bridgehead atoms. The molecule has 5 nitrogen and oxygen atoms in total. The number of pyridine rings is 1. The van der Waals surface area contributed by atoms with Gasteiger partial charge in [0, 0.05) is 18.0 Å². The monoisotopic (exact) mass is 243 g/mol. The lowest BCUT2D eigenvalue weighted by Crippen LogP contribution is -2.17. The number of aryl methyl sites for hydroxylation is 2. The van der Waals surface area contributed by atoms with E-state index in [1.165, 1.54) is 6.21 Å². The Morgan fingerprint density at radius 3 is 2.94 bits per heavy atom. The summed E-state index contributed by atoms with van der Waals surface area (Å²) >= 11 is 0. The van der Waals surface area contributed by atoms with Gasteiger partial charge in [0.05, 0.1) is 11.8 Å². The molecule has 0 fully saturated rings. The first kappa shape index (κ1) is 12.0. The normalized spacial score (nSPS) is 10.8. The smallest absolute Gasteiger partial charge is 0.274 e. The van der Waals surface area contributed by atoms with Crippen molar-refractivity contribution in [2.75, 3.05) is 0 Å². The van der Waals surface area contributed by atoms with Crippen LogP contribution in [-0.4, -0.2) is 17.1 Å². The minimum atomic E-state index is -0.288. The molecule has 0 spiro atoms. The summed E-state index contributed by atoms with van der Waals surface area (Å²) in [7, 11) is 0. The van der Waals surface area contributed by atoms with Gasteiger partial charge in [-0.15, -0.1) is 0 Å². The Morgan fingerprint density at radius 1 is 1.50 bits per heavy atom. The number of hydrazone groups is 1. The molecule has 2 aromatic heterocycles. The first-order chi connectivity index (χ1) is 8.66. The number of carbonyl (C=O) groups is 1. The topological polar surface area (TPSA) is 67.5 Å². The van der Waals surface area contributed by atoms with Gasteiger partial charge in [0.25, 0.3) is 5.91 Å². The second kappa shape index (κ2) is 5.27. The third-order valence-electron chi connectivity index (χ3n) is 2.35. The van der Waals surface area contributed by atoms with Gasteiger partial charge in [-0.05, 0) is 26.0 Å². The lowest BCUT2D eigenvalue weighted by molar-refractivity contribution is 0.0953. The SMILES string of the molecule is Cc1cc(C(=O)NN=Cc2cccnc2)c(C)o1.